The van der Waals surface area contributed by atoms with Gasteiger partial charge in [-0.05, 0) is 38.0 Å². The number of Topliss-reactive ketones (excluding diaryl/α,β-unsaturated/α-hetero) is 1. The van der Waals surface area contributed by atoms with Gasteiger partial charge < -0.3 is 29.0 Å². The summed E-state index contributed by atoms with van der Waals surface area (Å²) in [5.74, 6) is 0.769. The number of hydrogen-bond acceptors (Lipinski definition) is 8. The fourth-order valence-electron chi connectivity index (χ4n) is 4.80. The van der Waals surface area contributed by atoms with Gasteiger partial charge in [0.25, 0.3) is 0 Å². The molecule has 0 spiro atoms. The van der Waals surface area contributed by atoms with Crippen molar-refractivity contribution in [2.45, 2.75) is 32.1 Å². The highest BCUT2D eigenvalue weighted by Crippen LogP contribution is 2.50. The van der Waals surface area contributed by atoms with Crippen LogP contribution in [0.15, 0.2) is 65.0 Å². The average molecular weight is 494 g/mol. The number of ether oxygens (including phenoxy) is 5. The minimum Gasteiger partial charge on any atom is -0.493 e. The predicted octanol–water partition coefficient (Wildman–Crippen LogP) is 4.30. The molecule has 8 nitrogen and oxygen atoms in total. The molecule has 0 amide bonds. The number of ketones is 1. The minimum absolute atomic E-state index is 0.00389. The summed E-state index contributed by atoms with van der Waals surface area (Å²) in [5, 5.41) is 3.29. The molecule has 1 heterocycles. The molecular weight excluding hydrogens is 462 g/mol. The maximum absolute atomic E-state index is 13.5. The smallest absolute Gasteiger partial charge is 0.336 e. The largest absolute Gasteiger partial charge is 0.493 e. The van der Waals surface area contributed by atoms with Crippen molar-refractivity contribution < 1.29 is 33.3 Å². The molecule has 1 aliphatic heterocycles. The Balaban J connectivity index is 1.69. The van der Waals surface area contributed by atoms with Crippen molar-refractivity contribution in [3.05, 3.63) is 70.6 Å². The van der Waals surface area contributed by atoms with Crippen LogP contribution in [0.4, 0.5) is 0 Å². The molecule has 2 aromatic rings. The summed E-state index contributed by atoms with van der Waals surface area (Å²) in [6, 6.07) is 12.9. The Morgan fingerprint density at radius 2 is 1.69 bits per heavy atom. The van der Waals surface area contributed by atoms with Gasteiger partial charge in [-0.25, -0.2) is 4.79 Å². The first kappa shape index (κ1) is 25.2. The zero-order valence-corrected chi connectivity index (χ0v) is 21.0. The zero-order valence-electron chi connectivity index (χ0n) is 21.0. The van der Waals surface area contributed by atoms with Crippen LogP contribution in [-0.4, -0.2) is 46.3 Å². The van der Waals surface area contributed by atoms with Gasteiger partial charge in [0.05, 0.1) is 32.8 Å². The summed E-state index contributed by atoms with van der Waals surface area (Å²) < 4.78 is 28.0. The van der Waals surface area contributed by atoms with Gasteiger partial charge in [-0.3, -0.25) is 4.79 Å². The second kappa shape index (κ2) is 11.2. The minimum atomic E-state index is -0.675. The molecule has 2 aliphatic rings. The van der Waals surface area contributed by atoms with Crippen LogP contribution in [0.5, 0.6) is 23.0 Å². The maximum Gasteiger partial charge on any atom is 0.336 e. The van der Waals surface area contributed by atoms with E-state index in [1.54, 1.807) is 6.07 Å². The predicted molar refractivity (Wildman–Crippen MR) is 133 cm³/mol. The SMILES string of the molecule is COc1ccc([C@@H]2C(C(=O)OCCOc3ccccc3)=C(C)NC3=C2C(=O)CCC3)c(OC)c1OC. The molecule has 1 N–H and O–H groups in total. The zero-order chi connectivity index (χ0) is 25.7. The lowest BCUT2D eigenvalue weighted by Gasteiger charge is -2.35. The van der Waals surface area contributed by atoms with Crippen molar-refractivity contribution in [1.29, 1.82) is 0 Å². The third kappa shape index (κ3) is 4.89. The number of rotatable bonds is 9. The van der Waals surface area contributed by atoms with Crippen molar-refractivity contribution in [2.24, 2.45) is 0 Å². The summed E-state index contributed by atoms with van der Waals surface area (Å²) >= 11 is 0. The monoisotopic (exact) mass is 493 g/mol. The summed E-state index contributed by atoms with van der Waals surface area (Å²) in [4.78, 5) is 26.6. The number of hydrogen-bond donors (Lipinski definition) is 1. The molecule has 4 rings (SSSR count). The Hall–Kier alpha value is -3.94. The Kier molecular flexibility index (Phi) is 7.83. The molecule has 2 aromatic carbocycles. The molecule has 0 saturated carbocycles. The highest BCUT2D eigenvalue weighted by Gasteiger charge is 2.41. The molecule has 0 fully saturated rings. The standard InChI is InChI=1S/C28H31NO7/c1-17-23(28(31)36-16-15-35-18-9-6-5-7-10-18)24(25-20(29-17)11-8-12-21(25)30)19-13-14-22(32-2)27(34-4)26(19)33-3/h5-7,9-10,13-14,24,29H,8,11-12,15-16H2,1-4H3/t24-/m1/s1. The highest BCUT2D eigenvalue weighted by molar-refractivity contribution is 6.04. The number of methoxy groups -OCH3 is 3. The first-order chi connectivity index (χ1) is 17.5. The second-order valence-electron chi connectivity index (χ2n) is 8.49. The third-order valence-electron chi connectivity index (χ3n) is 6.37. The molecule has 1 aliphatic carbocycles. The number of nitrogens with one attached hydrogen (secondary N) is 1. The Morgan fingerprint density at radius 1 is 0.944 bits per heavy atom. The lowest BCUT2D eigenvalue weighted by molar-refractivity contribution is -0.140. The van der Waals surface area contributed by atoms with Gasteiger partial charge >= 0.3 is 5.97 Å². The van der Waals surface area contributed by atoms with Crippen molar-refractivity contribution in [2.75, 3.05) is 34.5 Å². The number of carbonyl (C=O) groups is 2. The summed E-state index contributed by atoms with van der Waals surface area (Å²) in [6.45, 7) is 2.08. The number of benzene rings is 2. The van der Waals surface area contributed by atoms with Crippen LogP contribution >= 0.6 is 0 Å². The van der Waals surface area contributed by atoms with Crippen molar-refractivity contribution in [1.82, 2.24) is 5.32 Å². The fourth-order valence-corrected chi connectivity index (χ4v) is 4.80. The molecule has 190 valence electrons. The van der Waals surface area contributed by atoms with Crippen LogP contribution < -0.4 is 24.3 Å². The fraction of sp³-hybridized carbons (Fsp3) is 0.357. The average Bonchev–Trinajstić information content (AvgIpc) is 2.90. The topological polar surface area (TPSA) is 92.3 Å². The molecule has 8 heteroatoms. The van der Waals surface area contributed by atoms with Gasteiger partial charge in [-0.1, -0.05) is 24.3 Å². The molecule has 0 radical (unpaired) electrons. The molecule has 0 aromatic heterocycles. The molecular formula is C28H31NO7. The van der Waals surface area contributed by atoms with Gasteiger partial charge in [-0.2, -0.15) is 0 Å². The van der Waals surface area contributed by atoms with E-state index in [0.29, 0.717) is 51.8 Å². The number of para-hydroxylation sites is 1. The van der Waals surface area contributed by atoms with E-state index < -0.39 is 11.9 Å². The first-order valence-corrected chi connectivity index (χ1v) is 11.9. The lowest BCUT2D eigenvalue weighted by Crippen LogP contribution is -2.34. The number of carbonyl (C=O) groups excluding carboxylic acids is 2. The van der Waals surface area contributed by atoms with Crippen molar-refractivity contribution in [3.8, 4) is 23.0 Å². The summed E-state index contributed by atoms with van der Waals surface area (Å²) in [6.07, 6.45) is 1.89. The van der Waals surface area contributed by atoms with E-state index in [0.717, 1.165) is 18.5 Å². The Bertz CT molecular complexity index is 1200. The summed E-state index contributed by atoms with van der Waals surface area (Å²) in [5.41, 5.74) is 3.01. The van der Waals surface area contributed by atoms with Gasteiger partial charge in [0.2, 0.25) is 5.75 Å². The summed E-state index contributed by atoms with van der Waals surface area (Å²) in [7, 11) is 4.58. The second-order valence-corrected chi connectivity index (χ2v) is 8.49. The van der Waals surface area contributed by atoms with Gasteiger partial charge in [-0.15, -0.1) is 0 Å². The number of allylic oxidation sites excluding steroid dienone is 3. The normalized spacial score (nSPS) is 17.2. The molecule has 1 atom stereocenters. The van der Waals surface area contributed by atoms with E-state index >= 15 is 0 Å². The lowest BCUT2D eigenvalue weighted by atomic mass is 9.75. The molecule has 0 saturated heterocycles. The Labute approximate surface area is 210 Å². The van der Waals surface area contributed by atoms with Gasteiger partial charge in [0, 0.05) is 29.0 Å². The van der Waals surface area contributed by atoms with Crippen LogP contribution in [0.1, 0.15) is 37.7 Å². The van der Waals surface area contributed by atoms with E-state index in [-0.39, 0.29) is 19.0 Å². The quantitative estimate of drug-likeness (QED) is 0.408. The molecule has 0 unspecified atom stereocenters. The van der Waals surface area contributed by atoms with E-state index in [4.69, 9.17) is 23.7 Å². The number of dihydropyridines is 1. The number of esters is 1. The van der Waals surface area contributed by atoms with Crippen LogP contribution in [0.2, 0.25) is 0 Å². The van der Waals surface area contributed by atoms with E-state index in [1.807, 2.05) is 43.3 Å². The van der Waals surface area contributed by atoms with Crippen LogP contribution in [-0.2, 0) is 14.3 Å². The third-order valence-corrected chi connectivity index (χ3v) is 6.37. The van der Waals surface area contributed by atoms with Crippen molar-refractivity contribution >= 4 is 11.8 Å². The van der Waals surface area contributed by atoms with E-state index in [2.05, 4.69) is 5.32 Å². The van der Waals surface area contributed by atoms with Crippen molar-refractivity contribution in [3.63, 3.8) is 0 Å². The molecule has 0 bridgehead atoms. The van der Waals surface area contributed by atoms with Crippen LogP contribution in [0, 0.1) is 0 Å². The van der Waals surface area contributed by atoms with Gasteiger partial charge in [0.15, 0.2) is 17.3 Å². The van der Waals surface area contributed by atoms with E-state index in [1.165, 1.54) is 21.3 Å². The Morgan fingerprint density at radius 3 is 2.39 bits per heavy atom. The maximum atomic E-state index is 13.5. The van der Waals surface area contributed by atoms with Crippen LogP contribution in [0.3, 0.4) is 0 Å². The van der Waals surface area contributed by atoms with Crippen LogP contribution in [0.25, 0.3) is 0 Å². The first-order valence-electron chi connectivity index (χ1n) is 11.9. The highest BCUT2D eigenvalue weighted by atomic mass is 16.6. The van der Waals surface area contributed by atoms with Gasteiger partial charge in [0.1, 0.15) is 19.0 Å². The van der Waals surface area contributed by atoms with E-state index in [9.17, 15) is 9.59 Å². The molecule has 36 heavy (non-hydrogen) atoms.